The highest BCUT2D eigenvalue weighted by Gasteiger charge is 2.29. The summed E-state index contributed by atoms with van der Waals surface area (Å²) in [4.78, 5) is 14.6. The summed E-state index contributed by atoms with van der Waals surface area (Å²) >= 11 is 1.68. The summed E-state index contributed by atoms with van der Waals surface area (Å²) in [6.45, 7) is 4.71. The number of unbranched alkanes of at least 4 members (excludes halogenated alkanes) is 1. The normalized spacial score (nSPS) is 15.5. The molecule has 7 heteroatoms. The Labute approximate surface area is 142 Å². The number of rotatable bonds is 7. The summed E-state index contributed by atoms with van der Waals surface area (Å²) in [5.74, 6) is 1.10. The number of sulfonamides is 1. The van der Waals surface area contributed by atoms with Crippen LogP contribution < -0.4 is 9.62 Å². The fourth-order valence-corrected chi connectivity index (χ4v) is 4.45. The van der Waals surface area contributed by atoms with Crippen molar-refractivity contribution in [2.45, 2.75) is 43.3 Å². The van der Waals surface area contributed by atoms with Gasteiger partial charge < -0.3 is 4.90 Å². The summed E-state index contributed by atoms with van der Waals surface area (Å²) < 4.78 is 26.1. The third-order valence-electron chi connectivity index (χ3n) is 4.01. The van der Waals surface area contributed by atoms with Gasteiger partial charge in [-0.15, -0.1) is 11.8 Å². The van der Waals surface area contributed by atoms with E-state index in [1.807, 2.05) is 6.92 Å². The number of amides is 1. The van der Waals surface area contributed by atoms with Crippen molar-refractivity contribution in [1.82, 2.24) is 4.72 Å². The molecular formula is C16H24N2O3S2. The van der Waals surface area contributed by atoms with Crippen molar-refractivity contribution >= 4 is 33.4 Å². The van der Waals surface area contributed by atoms with Gasteiger partial charge in [0.1, 0.15) is 0 Å². The second-order valence-electron chi connectivity index (χ2n) is 5.60. The minimum atomic E-state index is -3.45. The SMILES string of the molecule is CCCCSC(C)C(=O)N1CCc2cc(S(=O)(=O)NC)ccc21. The molecule has 2 rings (SSSR count). The van der Waals surface area contributed by atoms with Crippen molar-refractivity contribution in [2.24, 2.45) is 0 Å². The number of fused-ring (bicyclic) bond motifs is 1. The first-order valence-corrected chi connectivity index (χ1v) is 10.4. The van der Waals surface area contributed by atoms with E-state index < -0.39 is 10.0 Å². The van der Waals surface area contributed by atoms with Gasteiger partial charge in [0.05, 0.1) is 10.1 Å². The minimum Gasteiger partial charge on any atom is -0.311 e. The molecule has 23 heavy (non-hydrogen) atoms. The molecular weight excluding hydrogens is 332 g/mol. The van der Waals surface area contributed by atoms with Crippen LogP contribution in [0.5, 0.6) is 0 Å². The van der Waals surface area contributed by atoms with Crippen LogP contribution >= 0.6 is 11.8 Å². The molecule has 1 aliphatic heterocycles. The molecule has 5 nitrogen and oxygen atoms in total. The zero-order chi connectivity index (χ0) is 17.0. The van der Waals surface area contributed by atoms with E-state index in [0.717, 1.165) is 29.8 Å². The number of nitrogens with one attached hydrogen (secondary N) is 1. The Balaban J connectivity index is 2.14. The van der Waals surface area contributed by atoms with Crippen LogP contribution in [0, 0.1) is 0 Å². The average Bonchev–Trinajstić information content (AvgIpc) is 2.97. The number of hydrogen-bond donors (Lipinski definition) is 1. The Hall–Kier alpha value is -1.05. The number of thioether (sulfide) groups is 1. The number of carbonyl (C=O) groups is 1. The van der Waals surface area contributed by atoms with E-state index in [0.29, 0.717) is 13.0 Å². The number of anilines is 1. The van der Waals surface area contributed by atoms with E-state index in [-0.39, 0.29) is 16.1 Å². The standard InChI is InChI=1S/C16H24N2O3S2/c1-4-5-10-22-12(2)16(19)18-9-8-13-11-14(6-7-15(13)18)23(20,21)17-3/h6-7,11-12,17H,4-5,8-10H2,1-3H3. The highest BCUT2D eigenvalue weighted by Crippen LogP contribution is 2.32. The van der Waals surface area contributed by atoms with Crippen LogP contribution in [-0.2, 0) is 21.2 Å². The van der Waals surface area contributed by atoms with Gasteiger partial charge in [0.15, 0.2) is 0 Å². The summed E-state index contributed by atoms with van der Waals surface area (Å²) in [5.41, 5.74) is 1.76. The van der Waals surface area contributed by atoms with Gasteiger partial charge in [-0.3, -0.25) is 4.79 Å². The van der Waals surface area contributed by atoms with Crippen molar-refractivity contribution in [2.75, 3.05) is 24.2 Å². The van der Waals surface area contributed by atoms with Crippen LogP contribution in [0.25, 0.3) is 0 Å². The molecule has 1 aliphatic rings. The van der Waals surface area contributed by atoms with E-state index in [1.54, 1.807) is 34.9 Å². The second-order valence-corrected chi connectivity index (χ2v) is 8.94. The van der Waals surface area contributed by atoms with E-state index >= 15 is 0 Å². The number of benzene rings is 1. The lowest BCUT2D eigenvalue weighted by atomic mass is 10.2. The monoisotopic (exact) mass is 356 g/mol. The maximum atomic E-state index is 12.6. The molecule has 0 aliphatic carbocycles. The predicted molar refractivity (Wildman–Crippen MR) is 95.6 cm³/mol. The van der Waals surface area contributed by atoms with Gasteiger partial charge in [-0.2, -0.15) is 0 Å². The van der Waals surface area contributed by atoms with Crippen molar-refractivity contribution in [3.63, 3.8) is 0 Å². The summed E-state index contributed by atoms with van der Waals surface area (Å²) in [5, 5.41) is -0.0757. The van der Waals surface area contributed by atoms with Crippen LogP contribution in [0.4, 0.5) is 5.69 Å². The molecule has 0 spiro atoms. The quantitative estimate of drug-likeness (QED) is 0.762. The lowest BCUT2D eigenvalue weighted by Gasteiger charge is -2.21. The molecule has 1 heterocycles. The van der Waals surface area contributed by atoms with Crippen LogP contribution in [0.2, 0.25) is 0 Å². The molecule has 1 aromatic carbocycles. The summed E-state index contributed by atoms with van der Waals surface area (Å²) in [7, 11) is -2.05. The van der Waals surface area contributed by atoms with Crippen LogP contribution in [0.1, 0.15) is 32.3 Å². The smallest absolute Gasteiger partial charge is 0.240 e. The Morgan fingerprint density at radius 1 is 1.43 bits per heavy atom. The maximum absolute atomic E-state index is 12.6. The Kier molecular flexibility index (Phi) is 6.11. The molecule has 0 fully saturated rings. The van der Waals surface area contributed by atoms with Crippen molar-refractivity contribution in [3.8, 4) is 0 Å². The molecule has 1 unspecified atom stereocenters. The van der Waals surface area contributed by atoms with Gasteiger partial charge in [0, 0.05) is 12.2 Å². The van der Waals surface area contributed by atoms with Gasteiger partial charge >= 0.3 is 0 Å². The molecule has 1 amide bonds. The molecule has 1 N–H and O–H groups in total. The van der Waals surface area contributed by atoms with E-state index in [2.05, 4.69) is 11.6 Å². The van der Waals surface area contributed by atoms with E-state index in [9.17, 15) is 13.2 Å². The predicted octanol–water partition coefficient (Wildman–Crippen LogP) is 2.41. The van der Waals surface area contributed by atoms with Gasteiger partial charge in [-0.25, -0.2) is 13.1 Å². The first-order chi connectivity index (χ1) is 10.9. The van der Waals surface area contributed by atoms with Crippen LogP contribution in [0.15, 0.2) is 23.1 Å². The maximum Gasteiger partial charge on any atom is 0.240 e. The average molecular weight is 357 g/mol. The minimum absolute atomic E-state index is 0.0757. The topological polar surface area (TPSA) is 66.5 Å². The molecule has 1 aromatic rings. The number of hydrogen-bond acceptors (Lipinski definition) is 4. The molecule has 128 valence electrons. The zero-order valence-electron chi connectivity index (χ0n) is 13.8. The van der Waals surface area contributed by atoms with Gasteiger partial charge in [0.25, 0.3) is 0 Å². The van der Waals surface area contributed by atoms with Gasteiger partial charge in [-0.1, -0.05) is 13.3 Å². The molecule has 1 atom stereocenters. The lowest BCUT2D eigenvalue weighted by Crippen LogP contribution is -2.35. The van der Waals surface area contributed by atoms with Crippen LogP contribution in [0.3, 0.4) is 0 Å². The molecule has 0 aromatic heterocycles. The van der Waals surface area contributed by atoms with Gasteiger partial charge in [-0.05, 0) is 56.3 Å². The third-order valence-corrected chi connectivity index (χ3v) is 6.64. The molecule has 0 saturated heterocycles. The van der Waals surface area contributed by atoms with E-state index in [4.69, 9.17) is 0 Å². The van der Waals surface area contributed by atoms with Crippen molar-refractivity contribution < 1.29 is 13.2 Å². The zero-order valence-corrected chi connectivity index (χ0v) is 15.5. The van der Waals surface area contributed by atoms with E-state index in [1.165, 1.54) is 7.05 Å². The highest BCUT2D eigenvalue weighted by molar-refractivity contribution is 8.00. The highest BCUT2D eigenvalue weighted by atomic mass is 32.2. The Morgan fingerprint density at radius 2 is 2.17 bits per heavy atom. The lowest BCUT2D eigenvalue weighted by molar-refractivity contribution is -0.117. The first kappa shape index (κ1) is 18.3. The molecule has 0 saturated carbocycles. The first-order valence-electron chi connectivity index (χ1n) is 7.90. The summed E-state index contributed by atoms with van der Waals surface area (Å²) in [6, 6.07) is 4.97. The third kappa shape index (κ3) is 4.08. The van der Waals surface area contributed by atoms with Crippen molar-refractivity contribution in [1.29, 1.82) is 0 Å². The molecule has 0 radical (unpaired) electrons. The fraction of sp³-hybridized carbons (Fsp3) is 0.562. The Bertz CT molecular complexity index is 674. The van der Waals surface area contributed by atoms with Crippen LogP contribution in [-0.4, -0.2) is 38.9 Å². The van der Waals surface area contributed by atoms with Crippen molar-refractivity contribution in [3.05, 3.63) is 23.8 Å². The number of carbonyl (C=O) groups excluding carboxylic acids is 1. The Morgan fingerprint density at radius 3 is 2.83 bits per heavy atom. The molecule has 0 bridgehead atoms. The van der Waals surface area contributed by atoms with Gasteiger partial charge in [0.2, 0.25) is 15.9 Å². The fourth-order valence-electron chi connectivity index (χ4n) is 2.59. The number of nitrogens with zero attached hydrogens (tertiary/aromatic N) is 1. The summed E-state index contributed by atoms with van der Waals surface area (Å²) in [6.07, 6.45) is 2.94. The second kappa shape index (κ2) is 7.68. The largest absolute Gasteiger partial charge is 0.311 e.